The van der Waals surface area contributed by atoms with Crippen LogP contribution in [0.5, 0.6) is 0 Å². The Kier molecular flexibility index (Phi) is 4.47. The van der Waals surface area contributed by atoms with Crippen LogP contribution in [0.15, 0.2) is 29.4 Å². The van der Waals surface area contributed by atoms with Crippen molar-refractivity contribution in [3.8, 4) is 0 Å². The van der Waals surface area contributed by atoms with Crippen LogP contribution in [-0.4, -0.2) is 6.21 Å². The van der Waals surface area contributed by atoms with Gasteiger partial charge in [-0.15, -0.1) is 0 Å². The van der Waals surface area contributed by atoms with Crippen LogP contribution < -0.4 is 0 Å². The molecule has 1 radical (unpaired) electrons. The number of hydrogen-bond acceptors (Lipinski definition) is 2. The lowest BCUT2D eigenvalue weighted by Crippen LogP contribution is -1.90. The lowest BCUT2D eigenvalue weighted by Gasteiger charge is -1.99. The zero-order chi connectivity index (χ0) is 10.4. The smallest absolute Gasteiger partial charge is 0.142 e. The average Bonchev–Trinajstić information content (AvgIpc) is 2.15. The summed E-state index contributed by atoms with van der Waals surface area (Å²) in [5.41, 5.74) is 1.05. The van der Waals surface area contributed by atoms with Crippen LogP contribution in [0.25, 0.3) is 0 Å². The molecule has 0 aliphatic heterocycles. The molecule has 0 aromatic heterocycles. The molecule has 0 heterocycles. The summed E-state index contributed by atoms with van der Waals surface area (Å²) in [6, 6.07) is 7.48. The van der Waals surface area contributed by atoms with Gasteiger partial charge in [-0.1, -0.05) is 42.7 Å². The molecule has 0 spiro atoms. The molecule has 0 saturated carbocycles. The van der Waals surface area contributed by atoms with Crippen molar-refractivity contribution in [2.45, 2.75) is 20.5 Å². The molecule has 1 rings (SSSR count). The molecule has 0 unspecified atom stereocenters. The molecule has 3 heteroatoms. The number of nitrogens with zero attached hydrogens (tertiary/aromatic N) is 1. The first-order chi connectivity index (χ1) is 6.68. The van der Waals surface area contributed by atoms with Crippen LogP contribution >= 0.6 is 11.6 Å². The molecule has 1 aromatic rings. The van der Waals surface area contributed by atoms with E-state index in [0.717, 1.165) is 10.6 Å². The fourth-order valence-corrected chi connectivity index (χ4v) is 0.956. The third-order valence-electron chi connectivity index (χ3n) is 1.52. The maximum absolute atomic E-state index is 5.74. The zero-order valence-electron chi connectivity index (χ0n) is 8.33. The van der Waals surface area contributed by atoms with Crippen LogP contribution in [0.3, 0.4) is 0 Å². The first kappa shape index (κ1) is 11.1. The minimum Gasteiger partial charge on any atom is -0.391 e. The first-order valence-electron chi connectivity index (χ1n) is 4.50. The van der Waals surface area contributed by atoms with Gasteiger partial charge >= 0.3 is 0 Å². The number of hydrogen-bond donors (Lipinski definition) is 0. The van der Waals surface area contributed by atoms with Gasteiger partial charge in [0.25, 0.3) is 0 Å². The highest BCUT2D eigenvalue weighted by Crippen LogP contribution is 2.10. The van der Waals surface area contributed by atoms with Gasteiger partial charge in [-0.2, -0.15) is 0 Å². The summed E-state index contributed by atoms with van der Waals surface area (Å²) in [5.74, 6) is 0.292. The average molecular weight is 211 g/mol. The van der Waals surface area contributed by atoms with E-state index in [-0.39, 0.29) is 0 Å². The van der Waals surface area contributed by atoms with Crippen LogP contribution in [-0.2, 0) is 11.4 Å². The van der Waals surface area contributed by atoms with Crippen LogP contribution in [0.4, 0.5) is 0 Å². The van der Waals surface area contributed by atoms with Crippen LogP contribution in [0.2, 0.25) is 5.02 Å². The fraction of sp³-hybridized carbons (Fsp3) is 0.364. The molecule has 14 heavy (non-hydrogen) atoms. The van der Waals surface area contributed by atoms with Crippen molar-refractivity contribution in [2.75, 3.05) is 0 Å². The predicted molar refractivity (Wildman–Crippen MR) is 58.5 cm³/mol. The van der Waals surface area contributed by atoms with Crippen molar-refractivity contribution in [3.05, 3.63) is 34.9 Å². The standard InChI is InChI=1S/C11H13ClNO/c1-9(2)7-13-14-8-10-3-5-11(12)6-4-10/h3-6,9H,8H2,1-2H3. The van der Waals surface area contributed by atoms with Gasteiger partial charge in [-0.3, -0.25) is 0 Å². The van der Waals surface area contributed by atoms with Crippen molar-refractivity contribution >= 4 is 17.8 Å². The Hall–Kier alpha value is -1.02. The number of rotatable bonds is 4. The largest absolute Gasteiger partial charge is 0.391 e. The van der Waals surface area contributed by atoms with Gasteiger partial charge in [0.15, 0.2) is 0 Å². The molecule has 0 amide bonds. The second kappa shape index (κ2) is 5.66. The number of benzene rings is 1. The first-order valence-corrected chi connectivity index (χ1v) is 4.88. The molecule has 2 nitrogen and oxygen atoms in total. The second-order valence-electron chi connectivity index (χ2n) is 3.27. The molecular formula is C11H13ClNO. The van der Waals surface area contributed by atoms with Gasteiger partial charge in [0.2, 0.25) is 0 Å². The van der Waals surface area contributed by atoms with E-state index >= 15 is 0 Å². The Morgan fingerprint density at radius 1 is 1.36 bits per heavy atom. The third-order valence-corrected chi connectivity index (χ3v) is 1.77. The fourth-order valence-electron chi connectivity index (χ4n) is 0.830. The molecule has 0 aliphatic rings. The second-order valence-corrected chi connectivity index (χ2v) is 3.71. The Labute approximate surface area is 89.5 Å². The van der Waals surface area contributed by atoms with Crippen LogP contribution in [0, 0.1) is 5.92 Å². The van der Waals surface area contributed by atoms with Crippen LogP contribution in [0.1, 0.15) is 19.4 Å². The highest BCUT2D eigenvalue weighted by atomic mass is 35.5. The summed E-state index contributed by atoms with van der Waals surface area (Å²) in [6.07, 6.45) is 2.80. The summed E-state index contributed by atoms with van der Waals surface area (Å²) in [4.78, 5) is 5.04. The van der Waals surface area contributed by atoms with E-state index in [9.17, 15) is 0 Å². The monoisotopic (exact) mass is 210 g/mol. The van der Waals surface area contributed by atoms with Gasteiger partial charge < -0.3 is 4.84 Å². The normalized spacial score (nSPS) is 11.1. The molecule has 1 aromatic carbocycles. The van der Waals surface area contributed by atoms with Crippen molar-refractivity contribution in [1.29, 1.82) is 0 Å². The maximum Gasteiger partial charge on any atom is 0.142 e. The minimum atomic E-state index is 0.292. The Bertz CT molecular complexity index is 293. The van der Waals surface area contributed by atoms with E-state index in [1.807, 2.05) is 38.1 Å². The Morgan fingerprint density at radius 3 is 2.57 bits per heavy atom. The molecule has 0 bridgehead atoms. The minimum absolute atomic E-state index is 0.292. The summed E-state index contributed by atoms with van der Waals surface area (Å²) in [5, 5.41) is 4.43. The van der Waals surface area contributed by atoms with E-state index in [0.29, 0.717) is 12.5 Å². The molecule has 75 valence electrons. The summed E-state index contributed by atoms with van der Waals surface area (Å²) < 4.78 is 0. The van der Waals surface area contributed by atoms with E-state index < -0.39 is 0 Å². The lowest BCUT2D eigenvalue weighted by atomic mass is 10.2. The topological polar surface area (TPSA) is 21.6 Å². The summed E-state index contributed by atoms with van der Waals surface area (Å²) >= 11 is 5.74. The SMILES string of the molecule is CC(C)/[C]=N\OCc1ccc(Cl)cc1. The lowest BCUT2D eigenvalue weighted by molar-refractivity contribution is 0.131. The van der Waals surface area contributed by atoms with E-state index in [4.69, 9.17) is 16.4 Å². The molecular weight excluding hydrogens is 198 g/mol. The van der Waals surface area contributed by atoms with Gasteiger partial charge in [0, 0.05) is 10.9 Å². The predicted octanol–water partition coefficient (Wildman–Crippen LogP) is 3.38. The number of halogens is 1. The molecule has 0 atom stereocenters. The van der Waals surface area contributed by atoms with Crippen molar-refractivity contribution in [2.24, 2.45) is 11.1 Å². The molecule has 0 saturated heterocycles. The van der Waals surface area contributed by atoms with Gasteiger partial charge in [-0.25, -0.2) is 0 Å². The van der Waals surface area contributed by atoms with E-state index in [2.05, 4.69) is 11.4 Å². The van der Waals surface area contributed by atoms with Gasteiger partial charge in [0.05, 0.1) is 0 Å². The highest BCUT2D eigenvalue weighted by Gasteiger charge is 1.92. The van der Waals surface area contributed by atoms with Gasteiger partial charge in [0.1, 0.15) is 12.8 Å². The zero-order valence-corrected chi connectivity index (χ0v) is 9.08. The van der Waals surface area contributed by atoms with Gasteiger partial charge in [-0.05, 0) is 17.7 Å². The highest BCUT2D eigenvalue weighted by molar-refractivity contribution is 6.30. The van der Waals surface area contributed by atoms with Crippen molar-refractivity contribution in [3.63, 3.8) is 0 Å². The summed E-state index contributed by atoms with van der Waals surface area (Å²) in [7, 11) is 0. The Balaban J connectivity index is 2.35. The summed E-state index contributed by atoms with van der Waals surface area (Å²) in [6.45, 7) is 4.45. The third kappa shape index (κ3) is 4.28. The Morgan fingerprint density at radius 2 is 2.00 bits per heavy atom. The van der Waals surface area contributed by atoms with E-state index in [1.54, 1.807) is 0 Å². The van der Waals surface area contributed by atoms with Crippen molar-refractivity contribution in [1.82, 2.24) is 0 Å². The maximum atomic E-state index is 5.74. The molecule has 0 N–H and O–H groups in total. The molecule has 0 fully saturated rings. The van der Waals surface area contributed by atoms with Crippen molar-refractivity contribution < 1.29 is 4.84 Å². The van der Waals surface area contributed by atoms with E-state index in [1.165, 1.54) is 0 Å². The quantitative estimate of drug-likeness (QED) is 0.552. The molecule has 0 aliphatic carbocycles.